The van der Waals surface area contributed by atoms with E-state index in [1.165, 1.54) is 0 Å². The molecule has 0 spiro atoms. The van der Waals surface area contributed by atoms with E-state index in [9.17, 15) is 26.4 Å². The van der Waals surface area contributed by atoms with Gasteiger partial charge in [-0.05, 0) is 26.7 Å². The molecule has 0 N–H and O–H groups in total. The van der Waals surface area contributed by atoms with E-state index in [4.69, 9.17) is 0 Å². The van der Waals surface area contributed by atoms with E-state index in [-0.39, 0.29) is 24.7 Å². The van der Waals surface area contributed by atoms with Gasteiger partial charge in [0.25, 0.3) is 0 Å². The van der Waals surface area contributed by atoms with Crippen molar-refractivity contribution in [3.63, 3.8) is 0 Å². The fraction of sp³-hybridized carbons (Fsp3) is 0.889. The lowest BCUT2D eigenvalue weighted by Crippen LogP contribution is -2.21. The van der Waals surface area contributed by atoms with E-state index in [0.717, 1.165) is 38.5 Å². The predicted octanol–water partition coefficient (Wildman–Crippen LogP) is 2.06. The molecule has 0 atom stereocenters. The van der Waals surface area contributed by atoms with Crippen LogP contribution in [0.2, 0.25) is 0 Å². The molecule has 0 rings (SSSR count). The number of hydrogen-bond donors (Lipinski definition) is 0. The highest BCUT2D eigenvalue weighted by molar-refractivity contribution is 7.92. The van der Waals surface area contributed by atoms with Crippen LogP contribution in [-0.2, 0) is 38.7 Å². The zero-order chi connectivity index (χ0) is 21.5. The van der Waals surface area contributed by atoms with Crippen LogP contribution in [0.4, 0.5) is 0 Å². The Morgan fingerprint density at radius 2 is 0.857 bits per heavy atom. The molecular formula is C18H34O8S2. The number of carbonyl (C=O) groups is 2. The molecule has 0 heterocycles. The second-order valence-electron chi connectivity index (χ2n) is 6.62. The minimum Gasteiger partial charge on any atom is -0.465 e. The van der Waals surface area contributed by atoms with E-state index in [2.05, 4.69) is 9.47 Å². The monoisotopic (exact) mass is 442 g/mol. The van der Waals surface area contributed by atoms with Gasteiger partial charge >= 0.3 is 11.9 Å². The highest BCUT2D eigenvalue weighted by Gasteiger charge is 2.17. The molecule has 0 radical (unpaired) electrons. The first kappa shape index (κ1) is 26.8. The van der Waals surface area contributed by atoms with Gasteiger partial charge in [0.05, 0.1) is 24.7 Å². The number of carbonyl (C=O) groups excluding carboxylic acids is 2. The Kier molecular flexibility index (Phi) is 14.2. The van der Waals surface area contributed by atoms with Gasteiger partial charge in [-0.25, -0.2) is 16.8 Å². The molecule has 10 heteroatoms. The van der Waals surface area contributed by atoms with Gasteiger partial charge in [-0.15, -0.1) is 0 Å². The summed E-state index contributed by atoms with van der Waals surface area (Å²) in [6.07, 6.45) is 6.29. The Balaban J connectivity index is 3.67. The molecule has 0 saturated heterocycles. The Bertz CT molecular complexity index is 595. The van der Waals surface area contributed by atoms with Crippen molar-refractivity contribution in [3.05, 3.63) is 0 Å². The Morgan fingerprint density at radius 3 is 1.14 bits per heavy atom. The van der Waals surface area contributed by atoms with Crippen molar-refractivity contribution < 1.29 is 35.9 Å². The van der Waals surface area contributed by atoms with Gasteiger partial charge in [-0.1, -0.05) is 38.5 Å². The van der Waals surface area contributed by atoms with Gasteiger partial charge < -0.3 is 9.47 Å². The van der Waals surface area contributed by atoms with Crippen LogP contribution in [0.15, 0.2) is 0 Å². The van der Waals surface area contributed by atoms with Crippen LogP contribution in [-0.4, -0.2) is 65.0 Å². The lowest BCUT2D eigenvalue weighted by Gasteiger charge is -2.05. The fourth-order valence-electron chi connectivity index (χ4n) is 2.61. The maximum absolute atomic E-state index is 11.7. The lowest BCUT2D eigenvalue weighted by molar-refractivity contribution is -0.140. The topological polar surface area (TPSA) is 121 Å². The summed E-state index contributed by atoms with van der Waals surface area (Å²) in [5.74, 6) is -2.53. The molecule has 0 amide bonds. The third kappa shape index (κ3) is 15.9. The van der Waals surface area contributed by atoms with Crippen molar-refractivity contribution in [2.45, 2.75) is 65.2 Å². The number of esters is 2. The number of sulfone groups is 2. The van der Waals surface area contributed by atoms with Gasteiger partial charge in [-0.3, -0.25) is 9.59 Å². The van der Waals surface area contributed by atoms with E-state index in [0.29, 0.717) is 12.8 Å². The molecule has 28 heavy (non-hydrogen) atoms. The van der Waals surface area contributed by atoms with Gasteiger partial charge in [-0.2, -0.15) is 0 Å². The number of hydrogen-bond acceptors (Lipinski definition) is 8. The van der Waals surface area contributed by atoms with Crippen molar-refractivity contribution in [2.75, 3.05) is 36.2 Å². The normalized spacial score (nSPS) is 11.9. The Hall–Kier alpha value is -1.16. The van der Waals surface area contributed by atoms with Crippen molar-refractivity contribution in [2.24, 2.45) is 0 Å². The number of rotatable bonds is 17. The first-order chi connectivity index (χ1) is 13.1. The first-order valence-corrected chi connectivity index (χ1v) is 13.5. The molecule has 0 aromatic carbocycles. The van der Waals surface area contributed by atoms with Crippen LogP contribution < -0.4 is 0 Å². The maximum Gasteiger partial charge on any atom is 0.321 e. The first-order valence-electron chi connectivity index (χ1n) is 9.84. The van der Waals surface area contributed by atoms with Gasteiger partial charge in [0.1, 0.15) is 11.5 Å². The summed E-state index contributed by atoms with van der Waals surface area (Å²) in [6.45, 7) is 3.61. The quantitative estimate of drug-likeness (QED) is 0.248. The highest BCUT2D eigenvalue weighted by atomic mass is 32.2. The summed E-state index contributed by atoms with van der Waals surface area (Å²) < 4.78 is 56.2. The smallest absolute Gasteiger partial charge is 0.321 e. The van der Waals surface area contributed by atoms with Crippen molar-refractivity contribution in [1.29, 1.82) is 0 Å². The van der Waals surface area contributed by atoms with Gasteiger partial charge in [0.2, 0.25) is 0 Å². The number of ether oxygens (including phenoxy) is 2. The third-order valence-corrected chi connectivity index (χ3v) is 7.12. The molecule has 0 aliphatic heterocycles. The molecule has 166 valence electrons. The van der Waals surface area contributed by atoms with Crippen LogP contribution in [0.5, 0.6) is 0 Å². The van der Waals surface area contributed by atoms with Crippen LogP contribution in [0.25, 0.3) is 0 Å². The zero-order valence-corrected chi connectivity index (χ0v) is 18.6. The molecule has 8 nitrogen and oxygen atoms in total. The van der Waals surface area contributed by atoms with E-state index in [1.807, 2.05) is 0 Å². The molecule has 0 aliphatic rings. The predicted molar refractivity (Wildman–Crippen MR) is 108 cm³/mol. The standard InChI is InChI=1S/C18H34O8S2/c1-3-25-17(19)15-27(21,22)13-11-9-7-5-6-8-10-12-14-28(23,24)16-18(20)26-4-2/h3-16H2,1-2H3. The molecule has 0 unspecified atom stereocenters. The maximum atomic E-state index is 11.7. The molecule has 0 aromatic heterocycles. The third-order valence-electron chi connectivity index (χ3n) is 3.95. The van der Waals surface area contributed by atoms with Crippen LogP contribution in [0.1, 0.15) is 65.2 Å². The molecular weight excluding hydrogens is 408 g/mol. The minimum absolute atomic E-state index is 0.00978. The highest BCUT2D eigenvalue weighted by Crippen LogP contribution is 2.10. The van der Waals surface area contributed by atoms with Gasteiger partial charge in [0, 0.05) is 0 Å². The average molecular weight is 443 g/mol. The fourth-order valence-corrected chi connectivity index (χ4v) is 5.07. The summed E-state index contributed by atoms with van der Waals surface area (Å²) in [4.78, 5) is 22.4. The Labute approximate surface area is 169 Å². The summed E-state index contributed by atoms with van der Waals surface area (Å²) in [6, 6.07) is 0. The molecule has 0 saturated carbocycles. The van der Waals surface area contributed by atoms with Crippen molar-refractivity contribution in [3.8, 4) is 0 Å². The van der Waals surface area contributed by atoms with E-state index in [1.54, 1.807) is 13.8 Å². The lowest BCUT2D eigenvalue weighted by atomic mass is 10.1. The molecule has 0 aromatic rings. The summed E-state index contributed by atoms with van der Waals surface area (Å²) in [5, 5.41) is 0. The zero-order valence-electron chi connectivity index (χ0n) is 17.0. The molecule has 0 aliphatic carbocycles. The number of unbranched alkanes of at least 4 members (excludes halogenated alkanes) is 7. The SMILES string of the molecule is CCOC(=O)CS(=O)(=O)CCCCCCCCCCS(=O)(=O)CC(=O)OCC. The second-order valence-corrected chi connectivity index (χ2v) is 11.0. The molecule has 0 fully saturated rings. The van der Waals surface area contributed by atoms with Crippen LogP contribution in [0, 0.1) is 0 Å². The summed E-state index contributed by atoms with van der Waals surface area (Å²) in [5.41, 5.74) is 0. The van der Waals surface area contributed by atoms with Gasteiger partial charge in [0.15, 0.2) is 19.7 Å². The van der Waals surface area contributed by atoms with Crippen molar-refractivity contribution >= 4 is 31.6 Å². The van der Waals surface area contributed by atoms with E-state index < -0.39 is 43.1 Å². The van der Waals surface area contributed by atoms with E-state index >= 15 is 0 Å². The minimum atomic E-state index is -3.40. The van der Waals surface area contributed by atoms with Crippen LogP contribution in [0.3, 0.4) is 0 Å². The average Bonchev–Trinajstić information content (AvgIpc) is 2.55. The molecule has 0 bridgehead atoms. The summed E-state index contributed by atoms with van der Waals surface area (Å²) in [7, 11) is -6.80. The Morgan fingerprint density at radius 1 is 0.571 bits per heavy atom. The van der Waals surface area contributed by atoms with Crippen LogP contribution >= 0.6 is 0 Å². The second kappa shape index (κ2) is 14.8. The van der Waals surface area contributed by atoms with Crippen molar-refractivity contribution in [1.82, 2.24) is 0 Å². The summed E-state index contributed by atoms with van der Waals surface area (Å²) >= 11 is 0. The largest absolute Gasteiger partial charge is 0.465 e.